The van der Waals surface area contributed by atoms with Crippen molar-refractivity contribution in [3.05, 3.63) is 35.6 Å². The van der Waals surface area contributed by atoms with Gasteiger partial charge in [-0.05, 0) is 24.1 Å². The summed E-state index contributed by atoms with van der Waals surface area (Å²) in [6.07, 6.45) is 0.264. The van der Waals surface area contributed by atoms with Crippen molar-refractivity contribution in [2.45, 2.75) is 31.4 Å². The summed E-state index contributed by atoms with van der Waals surface area (Å²) in [6, 6.07) is 9.94. The van der Waals surface area contributed by atoms with Crippen LogP contribution in [0.2, 0.25) is 0 Å². The lowest BCUT2D eigenvalue weighted by Crippen LogP contribution is -2.41. The van der Waals surface area contributed by atoms with Gasteiger partial charge in [0.05, 0.1) is 37.6 Å². The molecule has 1 saturated heterocycles. The molecule has 7 heteroatoms. The number of amides is 1. The number of carbonyl (C=O) groups is 1. The minimum Gasteiger partial charge on any atom is -0.392 e. The zero-order valence-electron chi connectivity index (χ0n) is 13.9. The predicted molar refractivity (Wildman–Crippen MR) is 88.4 cm³/mol. The standard InChI is InChI=1S/C18H21FN4O2/c19-15-5-1-4-14(10-15)17-11-16(24)12-23(17)13-18(25)22(8-2-6-20)9-3-7-21/h1,4-5,10,16-17,24H,2-3,8-9,11-13H2/t16-,17+/m0/s1. The monoisotopic (exact) mass is 344 g/mol. The largest absolute Gasteiger partial charge is 0.392 e. The fourth-order valence-corrected chi connectivity index (χ4v) is 3.12. The molecule has 0 saturated carbocycles. The first kappa shape index (κ1) is 18.9. The number of aliphatic hydroxyl groups excluding tert-OH is 1. The van der Waals surface area contributed by atoms with Gasteiger partial charge in [-0.15, -0.1) is 0 Å². The van der Waals surface area contributed by atoms with E-state index in [4.69, 9.17) is 10.5 Å². The van der Waals surface area contributed by atoms with Crippen molar-refractivity contribution in [2.24, 2.45) is 0 Å². The van der Waals surface area contributed by atoms with Crippen LogP contribution in [0.4, 0.5) is 4.39 Å². The molecule has 25 heavy (non-hydrogen) atoms. The summed E-state index contributed by atoms with van der Waals surface area (Å²) in [5.74, 6) is -0.546. The molecule has 1 N–H and O–H groups in total. The zero-order chi connectivity index (χ0) is 18.2. The number of carbonyl (C=O) groups excluding carboxylic acids is 1. The third-order valence-corrected chi connectivity index (χ3v) is 4.29. The number of hydrogen-bond donors (Lipinski definition) is 1. The molecule has 6 nitrogen and oxygen atoms in total. The minimum absolute atomic E-state index is 0.0646. The molecule has 1 fully saturated rings. The summed E-state index contributed by atoms with van der Waals surface area (Å²) in [7, 11) is 0. The van der Waals surface area contributed by atoms with E-state index in [0.29, 0.717) is 13.0 Å². The smallest absolute Gasteiger partial charge is 0.236 e. The molecule has 1 aromatic rings. The molecule has 1 amide bonds. The summed E-state index contributed by atoms with van der Waals surface area (Å²) in [5, 5.41) is 27.4. The minimum atomic E-state index is -0.576. The maximum absolute atomic E-state index is 13.5. The number of aliphatic hydroxyl groups is 1. The highest BCUT2D eigenvalue weighted by molar-refractivity contribution is 5.78. The molecule has 0 bridgehead atoms. The average molecular weight is 344 g/mol. The third kappa shape index (κ3) is 5.25. The van der Waals surface area contributed by atoms with E-state index < -0.39 is 6.10 Å². The van der Waals surface area contributed by atoms with E-state index in [-0.39, 0.29) is 50.2 Å². The van der Waals surface area contributed by atoms with Crippen LogP contribution in [0.15, 0.2) is 24.3 Å². The number of likely N-dealkylation sites (tertiary alicyclic amines) is 1. The number of β-amino-alcohol motifs (C(OH)–C–C–N with tert-alkyl or cyclic N) is 1. The first-order chi connectivity index (χ1) is 12.0. The van der Waals surface area contributed by atoms with Crippen LogP contribution in [-0.2, 0) is 4.79 Å². The molecular formula is C18H21FN4O2. The maximum atomic E-state index is 13.5. The van der Waals surface area contributed by atoms with Crippen molar-refractivity contribution in [3.8, 4) is 12.1 Å². The number of halogens is 1. The van der Waals surface area contributed by atoms with Crippen molar-refractivity contribution in [1.29, 1.82) is 10.5 Å². The molecule has 1 heterocycles. The van der Waals surface area contributed by atoms with Gasteiger partial charge in [-0.25, -0.2) is 4.39 Å². The Balaban J connectivity index is 2.08. The lowest BCUT2D eigenvalue weighted by Gasteiger charge is -2.28. The predicted octanol–water partition coefficient (Wildman–Crippen LogP) is 1.59. The quantitative estimate of drug-likeness (QED) is 0.811. The molecule has 2 atom stereocenters. The van der Waals surface area contributed by atoms with Gasteiger partial charge >= 0.3 is 0 Å². The average Bonchev–Trinajstić information content (AvgIpc) is 2.95. The highest BCUT2D eigenvalue weighted by Crippen LogP contribution is 2.32. The Morgan fingerprint density at radius 1 is 1.32 bits per heavy atom. The number of benzene rings is 1. The van der Waals surface area contributed by atoms with Crippen LogP contribution < -0.4 is 0 Å². The molecule has 0 spiro atoms. The van der Waals surface area contributed by atoms with Gasteiger partial charge in [0, 0.05) is 25.7 Å². The van der Waals surface area contributed by atoms with E-state index in [0.717, 1.165) is 5.56 Å². The van der Waals surface area contributed by atoms with Crippen LogP contribution in [0.1, 0.15) is 30.9 Å². The fraction of sp³-hybridized carbons (Fsp3) is 0.500. The molecule has 1 aliphatic heterocycles. The molecule has 0 unspecified atom stereocenters. The van der Waals surface area contributed by atoms with Crippen molar-refractivity contribution in [2.75, 3.05) is 26.2 Å². The zero-order valence-corrected chi connectivity index (χ0v) is 13.9. The summed E-state index contributed by atoms with van der Waals surface area (Å²) < 4.78 is 13.5. The fourth-order valence-electron chi connectivity index (χ4n) is 3.12. The summed E-state index contributed by atoms with van der Waals surface area (Å²) in [4.78, 5) is 15.9. The lowest BCUT2D eigenvalue weighted by molar-refractivity contribution is -0.132. The van der Waals surface area contributed by atoms with Crippen LogP contribution in [-0.4, -0.2) is 53.1 Å². The van der Waals surface area contributed by atoms with Gasteiger partial charge in [-0.2, -0.15) is 10.5 Å². The summed E-state index contributed by atoms with van der Waals surface area (Å²) in [5.41, 5.74) is 0.727. The van der Waals surface area contributed by atoms with Crippen LogP contribution >= 0.6 is 0 Å². The van der Waals surface area contributed by atoms with Crippen molar-refractivity contribution in [1.82, 2.24) is 9.80 Å². The third-order valence-electron chi connectivity index (χ3n) is 4.29. The number of hydrogen-bond acceptors (Lipinski definition) is 5. The second-order valence-electron chi connectivity index (χ2n) is 6.09. The number of nitriles is 2. The normalized spacial score (nSPS) is 20.0. The Bertz CT molecular complexity index is 664. The molecule has 1 aliphatic rings. The highest BCUT2D eigenvalue weighted by atomic mass is 19.1. The van der Waals surface area contributed by atoms with E-state index in [9.17, 15) is 14.3 Å². The first-order valence-corrected chi connectivity index (χ1v) is 8.24. The molecule has 132 valence electrons. The second-order valence-corrected chi connectivity index (χ2v) is 6.09. The Labute approximate surface area is 146 Å². The van der Waals surface area contributed by atoms with Crippen LogP contribution in [0, 0.1) is 28.5 Å². The van der Waals surface area contributed by atoms with Gasteiger partial charge in [0.2, 0.25) is 5.91 Å². The number of nitrogens with zero attached hydrogens (tertiary/aromatic N) is 4. The molecule has 0 aliphatic carbocycles. The summed E-state index contributed by atoms with van der Waals surface area (Å²) >= 11 is 0. The van der Waals surface area contributed by atoms with Gasteiger partial charge in [-0.1, -0.05) is 12.1 Å². The van der Waals surface area contributed by atoms with Gasteiger partial charge in [0.1, 0.15) is 5.82 Å². The van der Waals surface area contributed by atoms with E-state index in [1.807, 2.05) is 17.0 Å². The van der Waals surface area contributed by atoms with Crippen molar-refractivity contribution < 1.29 is 14.3 Å². The SMILES string of the molecule is N#CCCN(CCC#N)C(=O)CN1C[C@@H](O)C[C@@H]1c1cccc(F)c1. The van der Waals surface area contributed by atoms with Gasteiger partial charge in [-0.3, -0.25) is 9.69 Å². The first-order valence-electron chi connectivity index (χ1n) is 8.24. The molecule has 1 aromatic carbocycles. The van der Waals surface area contributed by atoms with Gasteiger partial charge in [0.25, 0.3) is 0 Å². The van der Waals surface area contributed by atoms with Crippen molar-refractivity contribution >= 4 is 5.91 Å². The maximum Gasteiger partial charge on any atom is 0.236 e. The molecule has 0 radical (unpaired) electrons. The summed E-state index contributed by atoms with van der Waals surface area (Å²) in [6.45, 7) is 0.947. The Hall–Kier alpha value is -2.48. The molecular weight excluding hydrogens is 323 g/mol. The van der Waals surface area contributed by atoms with Crippen molar-refractivity contribution in [3.63, 3.8) is 0 Å². The Morgan fingerprint density at radius 2 is 2.00 bits per heavy atom. The number of rotatable bonds is 7. The lowest BCUT2D eigenvalue weighted by atomic mass is 10.0. The van der Waals surface area contributed by atoms with E-state index >= 15 is 0 Å². The Kier molecular flexibility index (Phi) is 6.88. The van der Waals surface area contributed by atoms with Gasteiger partial charge in [0.15, 0.2) is 0 Å². The van der Waals surface area contributed by atoms with E-state index in [1.165, 1.54) is 17.0 Å². The van der Waals surface area contributed by atoms with Crippen LogP contribution in [0.25, 0.3) is 0 Å². The second kappa shape index (κ2) is 9.12. The van der Waals surface area contributed by atoms with E-state index in [1.54, 1.807) is 12.1 Å². The topological polar surface area (TPSA) is 91.4 Å². The van der Waals surface area contributed by atoms with Gasteiger partial charge < -0.3 is 10.0 Å². The Morgan fingerprint density at radius 3 is 2.60 bits per heavy atom. The molecule has 0 aromatic heterocycles. The highest BCUT2D eigenvalue weighted by Gasteiger charge is 2.34. The van der Waals surface area contributed by atoms with Crippen LogP contribution in [0.5, 0.6) is 0 Å². The van der Waals surface area contributed by atoms with Crippen LogP contribution in [0.3, 0.4) is 0 Å². The molecule has 2 rings (SSSR count). The van der Waals surface area contributed by atoms with E-state index in [2.05, 4.69) is 0 Å².